The molecule has 0 aromatic carbocycles. The van der Waals surface area contributed by atoms with E-state index in [0.29, 0.717) is 12.2 Å². The molecule has 0 bridgehead atoms. The summed E-state index contributed by atoms with van der Waals surface area (Å²) in [5.41, 5.74) is 0. The molecule has 0 aromatic rings. The molecule has 0 amide bonds. The zero-order valence-electron chi connectivity index (χ0n) is 12.9. The zero-order chi connectivity index (χ0) is 17.9. The van der Waals surface area contributed by atoms with Gasteiger partial charge in [0, 0.05) is 19.6 Å². The summed E-state index contributed by atoms with van der Waals surface area (Å²) in [5.74, 6) is -1.06. The van der Waals surface area contributed by atoms with Gasteiger partial charge in [-0.15, -0.1) is 20.2 Å². The van der Waals surface area contributed by atoms with Crippen molar-refractivity contribution in [2.24, 2.45) is 0 Å². The third kappa shape index (κ3) is 8.43. The van der Waals surface area contributed by atoms with Gasteiger partial charge >= 0.3 is 5.97 Å². The summed E-state index contributed by atoms with van der Waals surface area (Å²) < 4.78 is 10.7. The number of ether oxygens (including phenoxy) is 2. The van der Waals surface area contributed by atoms with E-state index in [0.717, 1.165) is 26.1 Å². The average Bonchev–Trinajstić information content (AvgIpc) is 3.08. The summed E-state index contributed by atoms with van der Waals surface area (Å²) in [6.45, 7) is 1.22. The molecule has 0 saturated carbocycles. The first-order valence-corrected chi connectivity index (χ1v) is 7.42. The summed E-state index contributed by atoms with van der Waals surface area (Å²) in [6.07, 6.45) is 1.89. The number of carbonyl (C=O) groups is 1. The van der Waals surface area contributed by atoms with Crippen LogP contribution in [0.1, 0.15) is 32.1 Å². The van der Waals surface area contributed by atoms with Crippen LogP contribution in [0.5, 0.6) is 0 Å². The van der Waals surface area contributed by atoms with Crippen LogP contribution in [0.25, 0.3) is 0 Å². The largest absolute Gasteiger partial charge is 0.481 e. The Morgan fingerprint density at radius 3 is 2.21 bits per heavy atom. The molecule has 0 radical (unpaired) electrons. The molecule has 138 valence electrons. The first kappa shape index (κ1) is 19.8. The van der Waals surface area contributed by atoms with E-state index in [1.54, 1.807) is 0 Å². The summed E-state index contributed by atoms with van der Waals surface area (Å²) in [4.78, 5) is 38.0. The van der Waals surface area contributed by atoms with Gasteiger partial charge < -0.3 is 24.3 Å². The van der Waals surface area contributed by atoms with Crippen LogP contribution in [0.4, 0.5) is 0 Å². The first-order valence-electron chi connectivity index (χ1n) is 7.42. The first-order chi connectivity index (χ1) is 11.4. The monoisotopic (exact) mass is 352 g/mol. The minimum absolute atomic E-state index is 0.0128. The third-order valence-electron chi connectivity index (χ3n) is 3.40. The van der Waals surface area contributed by atoms with Crippen LogP contribution in [-0.4, -0.2) is 59.4 Å². The van der Waals surface area contributed by atoms with Crippen LogP contribution >= 0.6 is 0 Å². The highest BCUT2D eigenvalue weighted by atomic mass is 17.0. The standard InChI is InChI=1S/C6H10N2O8.C6H10O2/c9-6(10)3-1-2-5(16-8(13)14)4-15-7(11)12;1-3-7-6-2-4-8-5(1)6/h5H,1-4H2,(H,9,10);5-6H,1-4H2/t;5-,6-/m.1/s1. The van der Waals surface area contributed by atoms with E-state index in [1.807, 2.05) is 0 Å². The van der Waals surface area contributed by atoms with Crippen molar-refractivity contribution in [1.29, 1.82) is 0 Å². The highest BCUT2D eigenvalue weighted by Gasteiger charge is 2.33. The van der Waals surface area contributed by atoms with Crippen LogP contribution in [0.2, 0.25) is 0 Å². The van der Waals surface area contributed by atoms with Gasteiger partial charge in [-0.2, -0.15) is 0 Å². The van der Waals surface area contributed by atoms with Gasteiger partial charge in [0.1, 0.15) is 12.7 Å². The molecule has 0 aliphatic carbocycles. The Bertz CT molecular complexity index is 412. The number of nitrogens with zero attached hydrogens (tertiary/aromatic N) is 2. The second-order valence-corrected chi connectivity index (χ2v) is 5.15. The fourth-order valence-electron chi connectivity index (χ4n) is 2.34. The molecule has 2 rings (SSSR count). The van der Waals surface area contributed by atoms with Crippen molar-refractivity contribution in [2.75, 3.05) is 19.8 Å². The number of hydrogen-bond donors (Lipinski definition) is 1. The Hall–Kier alpha value is -2.21. The van der Waals surface area contributed by atoms with Gasteiger partial charge in [0.25, 0.3) is 10.2 Å². The molecule has 2 heterocycles. The molecule has 0 spiro atoms. The smallest absolute Gasteiger partial charge is 0.303 e. The van der Waals surface area contributed by atoms with Gasteiger partial charge in [-0.1, -0.05) is 0 Å². The van der Waals surface area contributed by atoms with E-state index in [1.165, 1.54) is 0 Å². The van der Waals surface area contributed by atoms with Crippen LogP contribution < -0.4 is 0 Å². The number of rotatable bonds is 9. The Balaban J connectivity index is 0.000000292. The lowest BCUT2D eigenvalue weighted by Crippen LogP contribution is -2.24. The number of hydrogen-bond acceptors (Lipinski definition) is 9. The minimum atomic E-state index is -1.14. The van der Waals surface area contributed by atoms with Gasteiger partial charge in [-0.25, -0.2) is 0 Å². The summed E-state index contributed by atoms with van der Waals surface area (Å²) >= 11 is 0. The van der Waals surface area contributed by atoms with Gasteiger partial charge in [0.15, 0.2) is 0 Å². The quantitative estimate of drug-likeness (QED) is 0.459. The van der Waals surface area contributed by atoms with Crippen molar-refractivity contribution in [3.63, 3.8) is 0 Å². The van der Waals surface area contributed by atoms with Crippen molar-refractivity contribution in [3.05, 3.63) is 20.2 Å². The number of carboxylic acid groups (broad SMARTS) is 1. The van der Waals surface area contributed by atoms with E-state index in [9.17, 15) is 25.0 Å². The van der Waals surface area contributed by atoms with E-state index in [-0.39, 0.29) is 19.3 Å². The normalized spacial score (nSPS) is 22.7. The molecule has 12 heteroatoms. The summed E-state index contributed by atoms with van der Waals surface area (Å²) in [5, 5.41) is 25.9. The Labute approximate surface area is 136 Å². The molecular formula is C12H20N2O10. The molecule has 2 fully saturated rings. The van der Waals surface area contributed by atoms with Gasteiger partial charge in [-0.3, -0.25) is 4.79 Å². The highest BCUT2D eigenvalue weighted by molar-refractivity contribution is 5.66. The molecule has 2 saturated heterocycles. The van der Waals surface area contributed by atoms with E-state index in [2.05, 4.69) is 9.68 Å². The molecule has 1 N–H and O–H groups in total. The molecule has 0 aromatic heterocycles. The van der Waals surface area contributed by atoms with Gasteiger partial charge in [0.05, 0.1) is 12.2 Å². The predicted molar refractivity (Wildman–Crippen MR) is 75.0 cm³/mol. The van der Waals surface area contributed by atoms with Crippen LogP contribution in [0, 0.1) is 20.2 Å². The maximum Gasteiger partial charge on any atom is 0.303 e. The van der Waals surface area contributed by atoms with Crippen molar-refractivity contribution >= 4 is 5.97 Å². The summed E-state index contributed by atoms with van der Waals surface area (Å²) in [6, 6.07) is 0. The maximum atomic E-state index is 10.2. The zero-order valence-corrected chi connectivity index (χ0v) is 12.9. The lowest BCUT2D eigenvalue weighted by Gasteiger charge is -2.12. The molecule has 3 atom stereocenters. The van der Waals surface area contributed by atoms with Gasteiger partial charge in [0.2, 0.25) is 0 Å². The third-order valence-corrected chi connectivity index (χ3v) is 3.40. The van der Waals surface area contributed by atoms with Crippen molar-refractivity contribution < 1.29 is 39.2 Å². The number of fused-ring (bicyclic) bond motifs is 1. The summed E-state index contributed by atoms with van der Waals surface area (Å²) in [7, 11) is 0. The number of aliphatic carboxylic acids is 1. The molecule has 12 nitrogen and oxygen atoms in total. The predicted octanol–water partition coefficient (Wildman–Crippen LogP) is 0.591. The molecule has 1 unspecified atom stereocenters. The average molecular weight is 352 g/mol. The fraction of sp³-hybridized carbons (Fsp3) is 0.917. The van der Waals surface area contributed by atoms with E-state index < -0.39 is 28.9 Å². The molecule has 2 aliphatic heterocycles. The minimum Gasteiger partial charge on any atom is -0.481 e. The maximum absolute atomic E-state index is 10.2. The highest BCUT2D eigenvalue weighted by Crippen LogP contribution is 2.25. The second kappa shape index (κ2) is 10.5. The second-order valence-electron chi connectivity index (χ2n) is 5.15. The molecule has 2 aliphatic rings. The SMILES string of the molecule is C1C[C@H]2OCC[C@H]2O1.O=C(O)CCCC(CO[N+](=O)[O-])O[N+](=O)[O-]. The van der Waals surface area contributed by atoms with Crippen molar-refractivity contribution in [3.8, 4) is 0 Å². The lowest BCUT2D eigenvalue weighted by molar-refractivity contribution is -0.790. The van der Waals surface area contributed by atoms with Crippen molar-refractivity contribution in [2.45, 2.75) is 50.4 Å². The topological polar surface area (TPSA) is 161 Å². The molecule has 24 heavy (non-hydrogen) atoms. The Morgan fingerprint density at radius 1 is 1.17 bits per heavy atom. The Morgan fingerprint density at radius 2 is 1.75 bits per heavy atom. The van der Waals surface area contributed by atoms with E-state index >= 15 is 0 Å². The fourth-order valence-corrected chi connectivity index (χ4v) is 2.34. The van der Waals surface area contributed by atoms with E-state index in [4.69, 9.17) is 14.6 Å². The van der Waals surface area contributed by atoms with Crippen molar-refractivity contribution in [1.82, 2.24) is 0 Å². The lowest BCUT2D eigenvalue weighted by atomic mass is 10.1. The van der Waals surface area contributed by atoms with Crippen LogP contribution in [0.3, 0.4) is 0 Å². The molecular weight excluding hydrogens is 332 g/mol. The van der Waals surface area contributed by atoms with Gasteiger partial charge in [-0.05, 0) is 25.7 Å². The number of carboxylic acids is 1. The van der Waals surface area contributed by atoms with Crippen LogP contribution in [-0.2, 0) is 23.9 Å². The van der Waals surface area contributed by atoms with Crippen LogP contribution in [0.15, 0.2) is 0 Å². The Kier molecular flexibility index (Phi) is 8.71.